The summed E-state index contributed by atoms with van der Waals surface area (Å²) in [5, 5.41) is 16.2. The van der Waals surface area contributed by atoms with Crippen molar-refractivity contribution in [2.45, 2.75) is 91.1 Å². The van der Waals surface area contributed by atoms with Gasteiger partial charge in [0.05, 0.1) is 18.2 Å². The van der Waals surface area contributed by atoms with Gasteiger partial charge in [-0.3, -0.25) is 14.6 Å². The number of amides is 2. The van der Waals surface area contributed by atoms with Crippen molar-refractivity contribution in [3.8, 4) is 0 Å². The van der Waals surface area contributed by atoms with E-state index in [4.69, 9.17) is 4.99 Å². The Kier molecular flexibility index (Phi) is 9.32. The number of nitrogens with one attached hydrogen (secondary N) is 2. The van der Waals surface area contributed by atoms with Crippen LogP contribution < -0.4 is 5.32 Å². The van der Waals surface area contributed by atoms with Crippen molar-refractivity contribution in [3.05, 3.63) is 64.5 Å². The molecule has 4 rings (SSSR count). The minimum absolute atomic E-state index is 0.0819. The topological polar surface area (TPSA) is 116 Å². The second kappa shape index (κ2) is 12.6. The third kappa shape index (κ3) is 6.63. The predicted molar refractivity (Wildman–Crippen MR) is 152 cm³/mol. The molecule has 2 aliphatic rings. The molecule has 2 N–H and O–H groups in total. The molecule has 0 bridgehead atoms. The zero-order valence-corrected chi connectivity index (χ0v) is 24.6. The Morgan fingerprint density at radius 1 is 1.21 bits per heavy atom. The third-order valence-electron chi connectivity index (χ3n) is 7.96. The van der Waals surface area contributed by atoms with E-state index in [0.717, 1.165) is 30.6 Å². The Bertz CT molecular complexity index is 1350. The molecule has 2 unspecified atom stereocenters. The van der Waals surface area contributed by atoms with E-state index in [-0.39, 0.29) is 47.5 Å². The first-order valence-corrected chi connectivity index (χ1v) is 14.3. The molecule has 1 saturated carbocycles. The number of aromatic nitrogens is 4. The van der Waals surface area contributed by atoms with Crippen LogP contribution >= 0.6 is 0 Å². The van der Waals surface area contributed by atoms with E-state index in [0.29, 0.717) is 30.7 Å². The van der Waals surface area contributed by atoms with Gasteiger partial charge in [0.2, 0.25) is 0 Å². The fraction of sp³-hybridized carbons (Fsp3) is 0.533. The molecule has 2 amide bonds. The molecule has 12 heteroatoms. The van der Waals surface area contributed by atoms with Gasteiger partial charge in [0, 0.05) is 5.56 Å². The first-order chi connectivity index (χ1) is 19.9. The molecule has 2 aromatic rings. The minimum atomic E-state index is -4.53. The molecule has 1 fully saturated rings. The number of H-pyrrole nitrogens is 1. The van der Waals surface area contributed by atoms with Crippen LogP contribution in [0.5, 0.6) is 0 Å². The first kappa shape index (κ1) is 31.1. The number of aromatic amines is 1. The van der Waals surface area contributed by atoms with Gasteiger partial charge in [0.15, 0.2) is 5.82 Å². The van der Waals surface area contributed by atoms with Gasteiger partial charge in [-0.15, -0.1) is 10.2 Å². The highest BCUT2D eigenvalue weighted by Gasteiger charge is 2.53. The highest BCUT2D eigenvalue weighted by Crippen LogP contribution is 2.48. The summed E-state index contributed by atoms with van der Waals surface area (Å²) in [5.74, 6) is 0.255. The maximum absolute atomic E-state index is 14.2. The fourth-order valence-electron chi connectivity index (χ4n) is 6.37. The third-order valence-corrected chi connectivity index (χ3v) is 7.96. The Hall–Kier alpha value is -3.83. The van der Waals surface area contributed by atoms with E-state index in [2.05, 4.69) is 39.8 Å². The number of rotatable bonds is 9. The Morgan fingerprint density at radius 3 is 2.43 bits per heavy atom. The molecule has 2 heterocycles. The molecule has 1 aliphatic carbocycles. The molecular weight excluding hydrogens is 547 g/mol. The summed E-state index contributed by atoms with van der Waals surface area (Å²) in [6.45, 7) is 9.27. The average molecular weight is 586 g/mol. The molecular formula is C30H38F3N7O2. The zero-order valence-electron chi connectivity index (χ0n) is 24.6. The lowest BCUT2D eigenvalue weighted by atomic mass is 9.75. The molecule has 9 nitrogen and oxygen atoms in total. The summed E-state index contributed by atoms with van der Waals surface area (Å²) in [6, 6.07) is 6.72. The Balaban J connectivity index is 1.69. The first-order valence-electron chi connectivity index (χ1n) is 14.3. The van der Waals surface area contributed by atoms with E-state index < -0.39 is 17.4 Å². The van der Waals surface area contributed by atoms with Crippen molar-refractivity contribution in [1.82, 2.24) is 30.8 Å². The number of hydrogen-bond donors (Lipinski definition) is 2. The van der Waals surface area contributed by atoms with E-state index in [1.807, 2.05) is 24.0 Å². The highest BCUT2D eigenvalue weighted by atomic mass is 19.4. The van der Waals surface area contributed by atoms with Gasteiger partial charge in [0.1, 0.15) is 11.4 Å². The van der Waals surface area contributed by atoms with Crippen molar-refractivity contribution < 1.29 is 22.8 Å². The second-order valence-corrected chi connectivity index (χ2v) is 11.5. The Labute approximate surface area is 243 Å². The molecule has 226 valence electrons. The van der Waals surface area contributed by atoms with Crippen LogP contribution in [0, 0.1) is 11.8 Å². The molecule has 0 radical (unpaired) electrons. The van der Waals surface area contributed by atoms with Gasteiger partial charge < -0.3 is 10.2 Å². The molecule has 1 aliphatic heterocycles. The van der Waals surface area contributed by atoms with Crippen LogP contribution in [0.2, 0.25) is 0 Å². The van der Waals surface area contributed by atoms with Gasteiger partial charge in [0.25, 0.3) is 11.8 Å². The van der Waals surface area contributed by atoms with Crippen LogP contribution in [-0.2, 0) is 11.3 Å². The number of allylic oxidation sites excluding steroid dienone is 3. The van der Waals surface area contributed by atoms with Crippen molar-refractivity contribution in [2.75, 3.05) is 0 Å². The fourth-order valence-corrected chi connectivity index (χ4v) is 6.37. The normalized spacial score (nSPS) is 24.2. The van der Waals surface area contributed by atoms with Crippen LogP contribution in [0.1, 0.15) is 94.5 Å². The quantitative estimate of drug-likeness (QED) is 0.358. The number of aliphatic imine (C=N–C) groups is 1. The molecule has 1 aromatic heterocycles. The SMILES string of the molecule is C/C=C(\C=C(/C)C1=NC2(CC(C)CC(C)C2)N([C@H](CCC)c2ccc(C(=O)NCc3nn[nH]n3)cc2)C1=O)C(F)(F)F. The van der Waals surface area contributed by atoms with Crippen LogP contribution in [0.15, 0.2) is 52.6 Å². The lowest BCUT2D eigenvalue weighted by Crippen LogP contribution is -2.52. The van der Waals surface area contributed by atoms with Gasteiger partial charge in [-0.1, -0.05) is 50.6 Å². The summed E-state index contributed by atoms with van der Waals surface area (Å²) in [6.07, 6.45) is 1.14. The monoisotopic (exact) mass is 585 g/mol. The average Bonchev–Trinajstić information content (AvgIpc) is 3.54. The molecule has 0 saturated heterocycles. The molecule has 1 aromatic carbocycles. The van der Waals surface area contributed by atoms with Crippen LogP contribution in [0.25, 0.3) is 0 Å². The number of nitrogens with zero attached hydrogens (tertiary/aromatic N) is 5. The van der Waals surface area contributed by atoms with Gasteiger partial charge in [-0.05, 0) is 80.7 Å². The largest absolute Gasteiger partial charge is 0.416 e. The van der Waals surface area contributed by atoms with Gasteiger partial charge in [-0.2, -0.15) is 18.4 Å². The number of alkyl halides is 3. The number of carbonyl (C=O) groups excluding carboxylic acids is 2. The summed E-state index contributed by atoms with van der Waals surface area (Å²) in [7, 11) is 0. The maximum Gasteiger partial charge on any atom is 0.416 e. The lowest BCUT2D eigenvalue weighted by molar-refractivity contribution is -0.134. The van der Waals surface area contributed by atoms with Crippen LogP contribution in [0.4, 0.5) is 13.2 Å². The second-order valence-electron chi connectivity index (χ2n) is 11.5. The number of tetrazole rings is 1. The standard InChI is InChI=1S/C30H38F3N7O2/c1-6-8-24(21-9-11-22(12-10-21)27(41)34-17-25-36-38-39-37-25)40-28(42)26(20(5)14-23(7-2)30(31,32)33)35-29(40)15-18(3)13-19(4)16-29/h7,9-12,14,18-19,24H,6,8,13,15-17H2,1-5H3,(H,34,41)(H,36,37,38,39)/b20-14+,23-7+/t18?,19?,24-,29?/m1/s1. The van der Waals surface area contributed by atoms with Crippen LogP contribution in [-0.4, -0.2) is 54.9 Å². The van der Waals surface area contributed by atoms with Crippen molar-refractivity contribution >= 4 is 17.5 Å². The maximum atomic E-state index is 14.2. The van der Waals surface area contributed by atoms with Crippen molar-refractivity contribution in [2.24, 2.45) is 16.8 Å². The summed E-state index contributed by atoms with van der Waals surface area (Å²) in [4.78, 5) is 33.7. The summed E-state index contributed by atoms with van der Waals surface area (Å²) >= 11 is 0. The van der Waals surface area contributed by atoms with E-state index in [1.165, 1.54) is 13.8 Å². The number of carbonyl (C=O) groups is 2. The number of hydrogen-bond acceptors (Lipinski definition) is 6. The van der Waals surface area contributed by atoms with Crippen molar-refractivity contribution in [3.63, 3.8) is 0 Å². The van der Waals surface area contributed by atoms with Gasteiger partial charge in [-0.25, -0.2) is 0 Å². The number of halogens is 3. The zero-order chi connectivity index (χ0) is 30.7. The van der Waals surface area contributed by atoms with Gasteiger partial charge >= 0.3 is 6.18 Å². The highest BCUT2D eigenvalue weighted by molar-refractivity contribution is 6.46. The summed E-state index contributed by atoms with van der Waals surface area (Å²) in [5.41, 5.74) is -0.116. The smallest absolute Gasteiger partial charge is 0.345 e. The summed E-state index contributed by atoms with van der Waals surface area (Å²) < 4.78 is 40.7. The Morgan fingerprint density at radius 2 is 1.88 bits per heavy atom. The van der Waals surface area contributed by atoms with Crippen LogP contribution in [0.3, 0.4) is 0 Å². The lowest BCUT2D eigenvalue weighted by Gasteiger charge is -2.47. The molecule has 42 heavy (non-hydrogen) atoms. The predicted octanol–water partition coefficient (Wildman–Crippen LogP) is 5.86. The molecule has 3 atom stereocenters. The molecule has 1 spiro atoms. The van der Waals surface area contributed by atoms with E-state index in [1.54, 1.807) is 12.1 Å². The van der Waals surface area contributed by atoms with Crippen molar-refractivity contribution in [1.29, 1.82) is 0 Å². The number of benzene rings is 1. The van der Waals surface area contributed by atoms with E-state index in [9.17, 15) is 22.8 Å². The van der Waals surface area contributed by atoms with E-state index >= 15 is 0 Å². The minimum Gasteiger partial charge on any atom is -0.345 e.